The Morgan fingerprint density at radius 1 is 1.23 bits per heavy atom. The van der Waals surface area contributed by atoms with Gasteiger partial charge in [0.2, 0.25) is 0 Å². The van der Waals surface area contributed by atoms with E-state index in [2.05, 4.69) is 0 Å². The molecule has 1 aliphatic heterocycles. The van der Waals surface area contributed by atoms with Gasteiger partial charge in [0.25, 0.3) is 10.0 Å². The van der Waals surface area contributed by atoms with Crippen LogP contribution in [-0.4, -0.2) is 44.4 Å². The van der Waals surface area contributed by atoms with Gasteiger partial charge < -0.3 is 14.6 Å². The number of esters is 1. The van der Waals surface area contributed by atoms with Crippen molar-refractivity contribution >= 4 is 21.7 Å². The van der Waals surface area contributed by atoms with Crippen molar-refractivity contribution in [2.24, 2.45) is 0 Å². The van der Waals surface area contributed by atoms with E-state index >= 15 is 0 Å². The standard InChI is InChI=1S/C22H27NO6S/c1-15-6-5-7-18(10-15)30(26,27)23-13-17(14-24)28-20-9-8-16(11-19(20)23)12-21(25)29-22(2,3)4/h5-11,17,24H,12-14H2,1-4H3/t17-/m1/s1. The zero-order chi connectivity index (χ0) is 22.1. The molecule has 0 saturated carbocycles. The molecule has 1 heterocycles. The maximum absolute atomic E-state index is 13.4. The van der Waals surface area contributed by atoms with E-state index < -0.39 is 27.7 Å². The number of fused-ring (bicyclic) bond motifs is 1. The minimum Gasteiger partial charge on any atom is -0.484 e. The summed E-state index contributed by atoms with van der Waals surface area (Å²) in [5, 5.41) is 9.59. The fourth-order valence-corrected chi connectivity index (χ4v) is 4.84. The van der Waals surface area contributed by atoms with Crippen molar-refractivity contribution in [1.29, 1.82) is 0 Å². The zero-order valence-corrected chi connectivity index (χ0v) is 18.4. The van der Waals surface area contributed by atoms with E-state index in [-0.39, 0.29) is 24.5 Å². The highest BCUT2D eigenvalue weighted by atomic mass is 32.2. The second-order valence-electron chi connectivity index (χ2n) is 8.34. The highest BCUT2D eigenvalue weighted by Crippen LogP contribution is 2.38. The van der Waals surface area contributed by atoms with Gasteiger partial charge in [0.1, 0.15) is 17.5 Å². The molecule has 1 N–H and O–H groups in total. The van der Waals surface area contributed by atoms with Crippen LogP contribution in [0.3, 0.4) is 0 Å². The molecule has 2 aromatic rings. The number of carbonyl (C=O) groups is 1. The van der Waals surface area contributed by atoms with Gasteiger partial charge in [-0.15, -0.1) is 0 Å². The first-order valence-electron chi connectivity index (χ1n) is 9.71. The van der Waals surface area contributed by atoms with Gasteiger partial charge in [-0.2, -0.15) is 0 Å². The molecule has 0 aromatic heterocycles. The first-order valence-corrected chi connectivity index (χ1v) is 11.2. The van der Waals surface area contributed by atoms with Gasteiger partial charge >= 0.3 is 5.97 Å². The van der Waals surface area contributed by atoms with Gasteiger partial charge in [-0.25, -0.2) is 8.42 Å². The van der Waals surface area contributed by atoms with Crippen LogP contribution in [0.5, 0.6) is 5.75 Å². The Morgan fingerprint density at radius 2 is 1.97 bits per heavy atom. The van der Waals surface area contributed by atoms with Crippen LogP contribution in [0.1, 0.15) is 31.9 Å². The Bertz CT molecular complexity index is 1040. The van der Waals surface area contributed by atoms with Crippen LogP contribution >= 0.6 is 0 Å². The Morgan fingerprint density at radius 3 is 2.60 bits per heavy atom. The number of anilines is 1. The van der Waals surface area contributed by atoms with E-state index in [0.29, 0.717) is 17.0 Å². The molecule has 8 heteroatoms. The van der Waals surface area contributed by atoms with Crippen LogP contribution in [-0.2, 0) is 26.0 Å². The number of carbonyl (C=O) groups excluding carboxylic acids is 1. The molecule has 0 radical (unpaired) electrons. The SMILES string of the molecule is Cc1cccc(S(=O)(=O)N2C[C@H](CO)Oc3ccc(CC(=O)OC(C)(C)C)cc32)c1. The van der Waals surface area contributed by atoms with Crippen molar-refractivity contribution in [3.8, 4) is 5.75 Å². The number of aliphatic hydroxyl groups is 1. The van der Waals surface area contributed by atoms with Gasteiger partial charge in [-0.3, -0.25) is 9.10 Å². The lowest BCUT2D eigenvalue weighted by Crippen LogP contribution is -2.45. The first-order chi connectivity index (χ1) is 14.0. The summed E-state index contributed by atoms with van der Waals surface area (Å²) in [6.07, 6.45) is -0.680. The first kappa shape index (κ1) is 22.1. The highest BCUT2D eigenvalue weighted by molar-refractivity contribution is 7.92. The molecule has 2 aromatic carbocycles. The van der Waals surface area contributed by atoms with Crippen LogP contribution in [0.25, 0.3) is 0 Å². The molecule has 0 saturated heterocycles. The maximum atomic E-state index is 13.4. The van der Waals surface area contributed by atoms with E-state index in [4.69, 9.17) is 9.47 Å². The van der Waals surface area contributed by atoms with E-state index in [0.717, 1.165) is 5.56 Å². The van der Waals surface area contributed by atoms with E-state index in [1.807, 2.05) is 13.0 Å². The minimum atomic E-state index is -3.89. The van der Waals surface area contributed by atoms with Crippen molar-refractivity contribution in [3.05, 3.63) is 53.6 Å². The number of nitrogens with zero attached hydrogens (tertiary/aromatic N) is 1. The number of sulfonamides is 1. The molecule has 1 aliphatic rings. The van der Waals surface area contributed by atoms with Crippen molar-refractivity contribution in [3.63, 3.8) is 0 Å². The van der Waals surface area contributed by atoms with Crippen LogP contribution in [0.2, 0.25) is 0 Å². The number of aliphatic hydroxyl groups excluding tert-OH is 1. The van der Waals surface area contributed by atoms with Crippen molar-refractivity contribution in [1.82, 2.24) is 0 Å². The number of ether oxygens (including phenoxy) is 2. The average Bonchev–Trinajstić information content (AvgIpc) is 2.65. The molecule has 7 nitrogen and oxygen atoms in total. The second-order valence-corrected chi connectivity index (χ2v) is 10.2. The number of benzene rings is 2. The van der Waals surface area contributed by atoms with Crippen molar-refractivity contribution < 1.29 is 27.8 Å². The summed E-state index contributed by atoms with van der Waals surface area (Å²) in [5.74, 6) is -0.0648. The number of hydrogen-bond donors (Lipinski definition) is 1. The van der Waals surface area contributed by atoms with Crippen molar-refractivity contribution in [2.45, 2.75) is 50.7 Å². The lowest BCUT2D eigenvalue weighted by molar-refractivity contribution is -0.153. The molecule has 0 amide bonds. The summed E-state index contributed by atoms with van der Waals surface area (Å²) in [5.41, 5.74) is 1.16. The maximum Gasteiger partial charge on any atom is 0.310 e. The molecule has 1 atom stereocenters. The molecule has 0 fully saturated rings. The molecule has 0 unspecified atom stereocenters. The quantitative estimate of drug-likeness (QED) is 0.729. The summed E-state index contributed by atoms with van der Waals surface area (Å²) in [4.78, 5) is 12.4. The normalized spacial score (nSPS) is 16.6. The summed E-state index contributed by atoms with van der Waals surface area (Å²) in [6.45, 7) is 6.83. The smallest absolute Gasteiger partial charge is 0.310 e. The van der Waals surface area contributed by atoms with Gasteiger partial charge in [0.05, 0.1) is 30.2 Å². The third-order valence-electron chi connectivity index (χ3n) is 4.50. The van der Waals surface area contributed by atoms with E-state index in [9.17, 15) is 18.3 Å². The number of rotatable bonds is 5. The predicted molar refractivity (Wildman–Crippen MR) is 113 cm³/mol. The predicted octanol–water partition coefficient (Wildman–Crippen LogP) is 2.83. The molecular formula is C22H27NO6S. The Labute approximate surface area is 177 Å². The summed E-state index contributed by atoms with van der Waals surface area (Å²) in [6, 6.07) is 11.6. The fourth-order valence-electron chi connectivity index (χ4n) is 3.24. The highest BCUT2D eigenvalue weighted by Gasteiger charge is 2.34. The van der Waals surface area contributed by atoms with E-state index in [1.54, 1.807) is 51.1 Å². The molecule has 162 valence electrons. The van der Waals surface area contributed by atoms with Crippen LogP contribution in [0, 0.1) is 6.92 Å². The number of aryl methyl sites for hydroxylation is 1. The molecule has 0 spiro atoms. The van der Waals surface area contributed by atoms with Crippen LogP contribution in [0.4, 0.5) is 5.69 Å². The second kappa shape index (κ2) is 8.28. The van der Waals surface area contributed by atoms with Gasteiger partial charge in [-0.05, 0) is 63.1 Å². The van der Waals surface area contributed by atoms with Crippen molar-refractivity contribution in [2.75, 3.05) is 17.5 Å². The molecule has 30 heavy (non-hydrogen) atoms. The third kappa shape index (κ3) is 4.94. The summed E-state index contributed by atoms with van der Waals surface area (Å²) in [7, 11) is -3.89. The molecule has 0 bridgehead atoms. The fraction of sp³-hybridized carbons (Fsp3) is 0.409. The van der Waals surface area contributed by atoms with E-state index in [1.165, 1.54) is 10.4 Å². The topological polar surface area (TPSA) is 93.1 Å². The molecular weight excluding hydrogens is 406 g/mol. The monoisotopic (exact) mass is 433 g/mol. The summed E-state index contributed by atoms with van der Waals surface area (Å²) >= 11 is 0. The Kier molecular flexibility index (Phi) is 6.10. The zero-order valence-electron chi connectivity index (χ0n) is 17.6. The van der Waals surface area contributed by atoms with Crippen LogP contribution < -0.4 is 9.04 Å². The largest absolute Gasteiger partial charge is 0.484 e. The molecule has 3 rings (SSSR count). The third-order valence-corrected chi connectivity index (χ3v) is 6.28. The Hall–Kier alpha value is -2.58. The number of hydrogen-bond acceptors (Lipinski definition) is 6. The van der Waals surface area contributed by atoms with Gasteiger partial charge in [-0.1, -0.05) is 18.2 Å². The average molecular weight is 434 g/mol. The summed E-state index contributed by atoms with van der Waals surface area (Å²) < 4.78 is 39.1. The molecule has 0 aliphatic carbocycles. The van der Waals surface area contributed by atoms with Gasteiger partial charge in [0, 0.05) is 0 Å². The van der Waals surface area contributed by atoms with Crippen LogP contribution in [0.15, 0.2) is 47.4 Å². The Balaban J connectivity index is 1.99. The minimum absolute atomic E-state index is 0.00626. The lowest BCUT2D eigenvalue weighted by atomic mass is 10.1. The lowest BCUT2D eigenvalue weighted by Gasteiger charge is -2.35. The van der Waals surface area contributed by atoms with Gasteiger partial charge in [0.15, 0.2) is 0 Å².